The Morgan fingerprint density at radius 2 is 1.14 bits per heavy atom. The summed E-state index contributed by atoms with van der Waals surface area (Å²) in [4.78, 5) is 36.7. The van der Waals surface area contributed by atoms with Crippen LogP contribution < -0.4 is 5.73 Å². The van der Waals surface area contributed by atoms with Crippen LogP contribution in [0.3, 0.4) is 0 Å². The summed E-state index contributed by atoms with van der Waals surface area (Å²) in [5.74, 6) is -1.79. The molecular weight excluding hydrogens is 397 g/mol. The third kappa shape index (κ3) is 29.3. The van der Waals surface area contributed by atoms with Crippen LogP contribution in [0.4, 0.5) is 0 Å². The molecule has 174 valence electrons. The number of amides is 1. The minimum absolute atomic E-state index is 0.345. The molecule has 0 aromatic rings. The first-order valence-corrected chi connectivity index (χ1v) is 12.6. The maximum Gasteiger partial charge on any atom is 0.328 e. The average molecular weight is 440 g/mol. The Kier molecular flexibility index (Phi) is 21.2. The average Bonchev–Trinajstić information content (AvgIpc) is 2.61. The van der Waals surface area contributed by atoms with Gasteiger partial charge in [0.2, 0.25) is 5.91 Å². The van der Waals surface area contributed by atoms with Gasteiger partial charge in [-0.2, -0.15) is 0 Å². The van der Waals surface area contributed by atoms with Gasteiger partial charge in [-0.15, -0.1) is 0 Å². The molecule has 0 fully saturated rings. The Bertz CT molecular complexity index is 454. The molecule has 0 aliphatic heterocycles. The Morgan fingerprint density at radius 3 is 1.38 bits per heavy atom. The monoisotopic (exact) mass is 439 g/mol. The first-order valence-electron chi connectivity index (χ1n) is 10.8. The quantitative estimate of drug-likeness (QED) is 0.160. The third-order valence-electron chi connectivity index (χ3n) is 4.48. The highest BCUT2D eigenvalue weighted by Crippen LogP contribution is 2.34. The molecule has 0 saturated carbocycles. The van der Waals surface area contributed by atoms with Gasteiger partial charge in [-0.1, -0.05) is 90.4 Å². The molecule has 9 heteroatoms. The minimum atomic E-state index is -4.33. The van der Waals surface area contributed by atoms with Crippen molar-refractivity contribution in [1.29, 1.82) is 0 Å². The summed E-state index contributed by atoms with van der Waals surface area (Å²) >= 11 is 0. The van der Waals surface area contributed by atoms with Gasteiger partial charge in [-0.25, -0.2) is 0 Å². The van der Waals surface area contributed by atoms with Crippen molar-refractivity contribution in [2.45, 2.75) is 109 Å². The number of carboxylic acid groups (broad SMARTS) is 1. The van der Waals surface area contributed by atoms with Crippen LogP contribution in [0.15, 0.2) is 0 Å². The number of carboxylic acids is 1. The molecular formula is C20H42NO7P. The molecule has 1 amide bonds. The lowest BCUT2D eigenvalue weighted by Crippen LogP contribution is -2.31. The first-order chi connectivity index (χ1) is 13.6. The van der Waals surface area contributed by atoms with Crippen LogP contribution in [0, 0.1) is 0 Å². The molecule has 0 aliphatic carbocycles. The van der Waals surface area contributed by atoms with Gasteiger partial charge in [0.1, 0.15) is 6.10 Å². The number of primary amides is 1. The van der Waals surface area contributed by atoms with Gasteiger partial charge in [0.05, 0.1) is 6.16 Å². The number of aliphatic hydroxyl groups excluding tert-OH is 1. The second kappa shape index (κ2) is 20.3. The van der Waals surface area contributed by atoms with Gasteiger partial charge in [0.15, 0.2) is 0 Å². The van der Waals surface area contributed by atoms with Crippen molar-refractivity contribution in [2.75, 3.05) is 6.16 Å². The Hall–Kier alpha value is -0.950. The molecule has 0 heterocycles. The van der Waals surface area contributed by atoms with Crippen LogP contribution in [-0.4, -0.2) is 44.1 Å². The van der Waals surface area contributed by atoms with Gasteiger partial charge in [-0.3, -0.25) is 14.2 Å². The number of rotatable bonds is 18. The van der Waals surface area contributed by atoms with E-state index in [4.69, 9.17) is 20.0 Å². The number of nitrogens with two attached hydrogens (primary N) is 1. The van der Waals surface area contributed by atoms with Gasteiger partial charge >= 0.3 is 13.6 Å². The maximum absolute atomic E-state index is 10.3. The zero-order chi connectivity index (χ0) is 22.5. The van der Waals surface area contributed by atoms with Crippen molar-refractivity contribution in [3.05, 3.63) is 0 Å². The fraction of sp³-hybridized carbons (Fsp3) is 0.900. The predicted molar refractivity (Wildman–Crippen MR) is 115 cm³/mol. The normalized spacial score (nSPS) is 12.1. The Labute approximate surface area is 175 Å². The van der Waals surface area contributed by atoms with E-state index < -0.39 is 31.7 Å². The lowest BCUT2D eigenvalue weighted by atomic mass is 10.0. The lowest BCUT2D eigenvalue weighted by molar-refractivity contribution is -0.137. The molecule has 1 atom stereocenters. The summed E-state index contributed by atoms with van der Waals surface area (Å²) in [6.45, 7) is 2.27. The van der Waals surface area contributed by atoms with E-state index in [1.807, 2.05) is 0 Å². The van der Waals surface area contributed by atoms with E-state index in [0.717, 1.165) is 12.8 Å². The zero-order valence-electron chi connectivity index (χ0n) is 17.9. The van der Waals surface area contributed by atoms with E-state index in [9.17, 15) is 14.2 Å². The number of aliphatic hydroxyl groups is 1. The highest BCUT2D eigenvalue weighted by molar-refractivity contribution is 7.51. The lowest BCUT2D eigenvalue weighted by Gasteiger charge is -2.06. The van der Waals surface area contributed by atoms with Crippen LogP contribution >= 0.6 is 7.60 Å². The summed E-state index contributed by atoms with van der Waals surface area (Å²) in [6, 6.07) is 0. The number of hydrogen-bond donors (Lipinski definition) is 5. The van der Waals surface area contributed by atoms with Gasteiger partial charge in [0.25, 0.3) is 0 Å². The first kappa shape index (κ1) is 30.2. The smallest absolute Gasteiger partial charge is 0.328 e. The summed E-state index contributed by atoms with van der Waals surface area (Å²) in [6.07, 6.45) is 16.1. The fourth-order valence-corrected chi connectivity index (χ4v) is 3.42. The number of unbranched alkanes of at least 4 members (excludes halogenated alkanes) is 13. The van der Waals surface area contributed by atoms with Crippen molar-refractivity contribution in [3.63, 3.8) is 0 Å². The van der Waals surface area contributed by atoms with E-state index in [0.29, 0.717) is 6.42 Å². The molecule has 6 N–H and O–H groups in total. The predicted octanol–water partition coefficient (Wildman–Crippen LogP) is 3.95. The highest BCUT2D eigenvalue weighted by Gasteiger charge is 2.23. The van der Waals surface area contributed by atoms with Crippen molar-refractivity contribution >= 4 is 19.5 Å². The second-order valence-corrected chi connectivity index (χ2v) is 9.20. The van der Waals surface area contributed by atoms with Gasteiger partial charge in [-0.05, 0) is 6.42 Å². The maximum atomic E-state index is 10.3. The van der Waals surface area contributed by atoms with E-state index in [1.165, 1.54) is 77.0 Å². The fourth-order valence-electron chi connectivity index (χ4n) is 2.79. The van der Waals surface area contributed by atoms with E-state index in [-0.39, 0.29) is 0 Å². The molecule has 1 unspecified atom stereocenters. The molecule has 0 spiro atoms. The summed E-state index contributed by atoms with van der Waals surface area (Å²) in [5.41, 5.74) is 4.51. The van der Waals surface area contributed by atoms with Gasteiger partial charge in [0, 0.05) is 6.42 Å². The summed E-state index contributed by atoms with van der Waals surface area (Å²) in [7, 11) is -4.33. The van der Waals surface area contributed by atoms with Crippen LogP contribution in [-0.2, 0) is 14.2 Å². The molecule has 0 bridgehead atoms. The van der Waals surface area contributed by atoms with Crippen LogP contribution in [0.2, 0.25) is 0 Å². The van der Waals surface area contributed by atoms with Crippen molar-refractivity contribution in [3.8, 4) is 0 Å². The summed E-state index contributed by atoms with van der Waals surface area (Å²) in [5, 5.41) is 17.0. The van der Waals surface area contributed by atoms with E-state index in [1.54, 1.807) is 0 Å². The molecule has 0 aromatic heterocycles. The van der Waals surface area contributed by atoms with Crippen LogP contribution in [0.1, 0.15) is 103 Å². The highest BCUT2D eigenvalue weighted by atomic mass is 31.2. The molecule has 0 radical (unpaired) electrons. The third-order valence-corrected chi connectivity index (χ3v) is 5.30. The largest absolute Gasteiger partial charge is 0.481 e. The SMILES string of the molecule is CCCCCCCCCCCCCCCCC(=O)O.NC(=O)C(O)CP(=O)(O)O. The topological polar surface area (TPSA) is 158 Å². The molecule has 0 saturated heterocycles. The van der Waals surface area contributed by atoms with Crippen molar-refractivity contribution in [1.82, 2.24) is 0 Å². The number of carbonyl (C=O) groups is 2. The van der Waals surface area contributed by atoms with Crippen LogP contribution in [0.5, 0.6) is 0 Å². The van der Waals surface area contributed by atoms with Crippen molar-refractivity contribution in [2.24, 2.45) is 5.73 Å². The Balaban J connectivity index is 0. The summed E-state index contributed by atoms with van der Waals surface area (Å²) < 4.78 is 10.1. The molecule has 0 rings (SSSR count). The van der Waals surface area contributed by atoms with E-state index in [2.05, 4.69) is 12.7 Å². The molecule has 0 aromatic carbocycles. The number of hydrogen-bond acceptors (Lipinski definition) is 4. The number of aliphatic carboxylic acids is 1. The Morgan fingerprint density at radius 1 is 0.793 bits per heavy atom. The van der Waals surface area contributed by atoms with Gasteiger partial charge < -0.3 is 25.7 Å². The molecule has 29 heavy (non-hydrogen) atoms. The second-order valence-electron chi connectivity index (χ2n) is 7.51. The van der Waals surface area contributed by atoms with E-state index >= 15 is 0 Å². The molecule has 0 aliphatic rings. The van der Waals surface area contributed by atoms with Crippen LogP contribution in [0.25, 0.3) is 0 Å². The number of carbonyl (C=O) groups excluding carboxylic acids is 1. The molecule has 8 nitrogen and oxygen atoms in total. The zero-order valence-corrected chi connectivity index (χ0v) is 18.8. The van der Waals surface area contributed by atoms with Crippen molar-refractivity contribution < 1.29 is 34.2 Å². The minimum Gasteiger partial charge on any atom is -0.481 e. The standard InChI is InChI=1S/C17H34O2.C3H8NO5P/c1-2-3-4-5-6-7-8-9-10-11-12-13-14-15-16-17(18)19;4-3(6)2(5)1-10(7,8)9/h2-16H2,1H3,(H,18,19);2,5H,1H2,(H2,4,6)(H2,7,8,9).